The smallest absolute Gasteiger partial charge is 0.326 e. The molecular formula is C13H16N2O3. The van der Waals surface area contributed by atoms with E-state index in [-0.39, 0.29) is 5.91 Å². The molecule has 0 saturated carbocycles. The molecule has 0 spiro atoms. The minimum atomic E-state index is -1.03. The van der Waals surface area contributed by atoms with Crippen LogP contribution in [0.4, 0.5) is 5.69 Å². The van der Waals surface area contributed by atoms with Crippen LogP contribution in [0.1, 0.15) is 18.9 Å². The van der Waals surface area contributed by atoms with Crippen LogP contribution < -0.4 is 10.6 Å². The topological polar surface area (TPSA) is 83.6 Å². The maximum atomic E-state index is 12.2. The van der Waals surface area contributed by atoms with Crippen molar-refractivity contribution in [3.05, 3.63) is 29.8 Å². The summed E-state index contributed by atoms with van der Waals surface area (Å²) < 4.78 is 0. The highest BCUT2D eigenvalue weighted by atomic mass is 16.4. The minimum Gasteiger partial charge on any atom is -0.480 e. The van der Waals surface area contributed by atoms with Crippen LogP contribution in [0.2, 0.25) is 0 Å². The number of anilines is 1. The van der Waals surface area contributed by atoms with E-state index in [1.54, 1.807) is 12.1 Å². The second kappa shape index (κ2) is 4.78. The average molecular weight is 248 g/mol. The molecule has 0 aliphatic carbocycles. The summed E-state index contributed by atoms with van der Waals surface area (Å²) in [6.07, 6.45) is 1.23. The van der Waals surface area contributed by atoms with Crippen LogP contribution in [0.3, 0.4) is 0 Å². The molecule has 1 amide bonds. The lowest BCUT2D eigenvalue weighted by atomic mass is 10.1. The lowest BCUT2D eigenvalue weighted by Gasteiger charge is -2.28. The van der Waals surface area contributed by atoms with E-state index in [1.165, 1.54) is 11.8 Å². The normalized spacial score (nSPS) is 21.1. The number of hydrogen-bond donors (Lipinski definition) is 2. The third-order valence-corrected chi connectivity index (χ3v) is 3.28. The molecule has 18 heavy (non-hydrogen) atoms. The first-order valence-corrected chi connectivity index (χ1v) is 5.91. The number of carboxylic acid groups (broad SMARTS) is 1. The lowest BCUT2D eigenvalue weighted by Crippen LogP contribution is -2.50. The Morgan fingerprint density at radius 2 is 2.17 bits per heavy atom. The number of amides is 1. The molecular weight excluding hydrogens is 232 g/mol. The number of nitrogens with zero attached hydrogens (tertiary/aromatic N) is 1. The number of carbonyl (C=O) groups is 2. The zero-order chi connectivity index (χ0) is 13.3. The number of aryl methyl sites for hydroxylation is 1. The van der Waals surface area contributed by atoms with E-state index in [0.717, 1.165) is 5.56 Å². The van der Waals surface area contributed by atoms with Crippen molar-refractivity contribution in [2.45, 2.75) is 31.8 Å². The van der Waals surface area contributed by atoms with Gasteiger partial charge in [-0.2, -0.15) is 0 Å². The van der Waals surface area contributed by atoms with Gasteiger partial charge < -0.3 is 10.8 Å². The lowest BCUT2D eigenvalue weighted by molar-refractivity contribution is -0.139. The van der Waals surface area contributed by atoms with E-state index in [0.29, 0.717) is 18.5 Å². The Morgan fingerprint density at radius 1 is 1.50 bits per heavy atom. The molecule has 1 aromatic carbocycles. The Hall–Kier alpha value is -1.88. The van der Waals surface area contributed by atoms with Gasteiger partial charge in [0.2, 0.25) is 5.91 Å². The van der Waals surface area contributed by atoms with E-state index >= 15 is 0 Å². The molecule has 5 heteroatoms. The van der Waals surface area contributed by atoms with Gasteiger partial charge in [0.1, 0.15) is 6.04 Å². The maximum absolute atomic E-state index is 12.2. The standard InChI is InChI=1S/C13H16N2O3/c1-8(13(17)18)15-11-5-3-2-4-9(11)6-7-10(14)12(15)16/h2-5,8,10H,6-7,14H2,1H3,(H,17,18). The number of carbonyl (C=O) groups excluding carboxylic acids is 1. The molecule has 3 N–H and O–H groups in total. The third kappa shape index (κ3) is 2.09. The summed E-state index contributed by atoms with van der Waals surface area (Å²) in [5, 5.41) is 9.12. The van der Waals surface area contributed by atoms with Crippen LogP contribution in [0.5, 0.6) is 0 Å². The predicted molar refractivity (Wildman–Crippen MR) is 67.3 cm³/mol. The number of benzene rings is 1. The highest BCUT2D eigenvalue weighted by Gasteiger charge is 2.33. The van der Waals surface area contributed by atoms with Crippen molar-refractivity contribution in [2.75, 3.05) is 4.90 Å². The van der Waals surface area contributed by atoms with Gasteiger partial charge in [-0.3, -0.25) is 9.69 Å². The van der Waals surface area contributed by atoms with Gasteiger partial charge in [-0.05, 0) is 31.4 Å². The van der Waals surface area contributed by atoms with Gasteiger partial charge in [0.25, 0.3) is 0 Å². The van der Waals surface area contributed by atoms with Gasteiger partial charge in [-0.1, -0.05) is 18.2 Å². The van der Waals surface area contributed by atoms with Crippen LogP contribution in [-0.2, 0) is 16.0 Å². The number of nitrogens with two attached hydrogens (primary N) is 1. The second-order valence-corrected chi connectivity index (χ2v) is 4.50. The van der Waals surface area contributed by atoms with Gasteiger partial charge in [0.05, 0.1) is 6.04 Å². The summed E-state index contributed by atoms with van der Waals surface area (Å²) in [6.45, 7) is 1.50. The zero-order valence-electron chi connectivity index (χ0n) is 10.2. The first-order valence-electron chi connectivity index (χ1n) is 5.91. The van der Waals surface area contributed by atoms with Crippen molar-refractivity contribution in [2.24, 2.45) is 5.73 Å². The van der Waals surface area contributed by atoms with Crippen molar-refractivity contribution in [1.29, 1.82) is 0 Å². The molecule has 0 bridgehead atoms. The van der Waals surface area contributed by atoms with Crippen LogP contribution in [0.15, 0.2) is 24.3 Å². The van der Waals surface area contributed by atoms with Crippen molar-refractivity contribution in [3.63, 3.8) is 0 Å². The Morgan fingerprint density at radius 3 is 2.83 bits per heavy atom. The van der Waals surface area contributed by atoms with E-state index in [1.807, 2.05) is 12.1 Å². The molecule has 1 aliphatic heterocycles. The summed E-state index contributed by atoms with van der Waals surface area (Å²) in [4.78, 5) is 24.6. The average Bonchev–Trinajstić information content (AvgIpc) is 2.48. The van der Waals surface area contributed by atoms with Gasteiger partial charge in [-0.15, -0.1) is 0 Å². The van der Waals surface area contributed by atoms with Crippen molar-refractivity contribution in [3.8, 4) is 0 Å². The molecule has 2 unspecified atom stereocenters. The molecule has 0 saturated heterocycles. The summed E-state index contributed by atoms with van der Waals surface area (Å²) in [6, 6.07) is 5.79. The second-order valence-electron chi connectivity index (χ2n) is 4.50. The molecule has 1 aromatic rings. The van der Waals surface area contributed by atoms with E-state index < -0.39 is 18.1 Å². The quantitative estimate of drug-likeness (QED) is 0.809. The largest absolute Gasteiger partial charge is 0.480 e. The van der Waals surface area contributed by atoms with Crippen LogP contribution >= 0.6 is 0 Å². The fourth-order valence-electron chi connectivity index (χ4n) is 2.20. The molecule has 2 atom stereocenters. The Balaban J connectivity index is 2.51. The Labute approximate surface area is 105 Å². The fraction of sp³-hybridized carbons (Fsp3) is 0.385. The van der Waals surface area contributed by atoms with Gasteiger partial charge in [0, 0.05) is 5.69 Å². The first-order chi connectivity index (χ1) is 8.52. The zero-order valence-corrected chi connectivity index (χ0v) is 10.2. The molecule has 0 radical (unpaired) electrons. The van der Waals surface area contributed by atoms with Gasteiger partial charge >= 0.3 is 5.97 Å². The summed E-state index contributed by atoms with van der Waals surface area (Å²) in [7, 11) is 0. The van der Waals surface area contributed by atoms with Crippen molar-refractivity contribution >= 4 is 17.6 Å². The van der Waals surface area contributed by atoms with E-state index in [4.69, 9.17) is 10.8 Å². The number of para-hydroxylation sites is 1. The SMILES string of the molecule is CC(C(=O)O)N1C(=O)C(N)CCc2ccccc21. The summed E-state index contributed by atoms with van der Waals surface area (Å²) in [5.74, 6) is -1.36. The molecule has 96 valence electrons. The molecule has 2 rings (SSSR count). The number of fused-ring (bicyclic) bond motifs is 1. The van der Waals surface area contributed by atoms with E-state index in [2.05, 4.69) is 0 Å². The van der Waals surface area contributed by atoms with Crippen molar-refractivity contribution < 1.29 is 14.7 Å². The minimum absolute atomic E-state index is 0.324. The summed E-state index contributed by atoms with van der Waals surface area (Å²) >= 11 is 0. The fourth-order valence-corrected chi connectivity index (χ4v) is 2.20. The first kappa shape index (κ1) is 12.6. The monoisotopic (exact) mass is 248 g/mol. The summed E-state index contributed by atoms with van der Waals surface area (Å²) in [5.41, 5.74) is 7.42. The van der Waals surface area contributed by atoms with Crippen LogP contribution in [0, 0.1) is 0 Å². The Kier molecular flexibility index (Phi) is 3.34. The van der Waals surface area contributed by atoms with Crippen LogP contribution in [-0.4, -0.2) is 29.1 Å². The Bertz CT molecular complexity index is 487. The highest BCUT2D eigenvalue weighted by molar-refractivity contribution is 6.02. The van der Waals surface area contributed by atoms with E-state index in [9.17, 15) is 9.59 Å². The molecule has 1 aliphatic rings. The number of carboxylic acids is 1. The molecule has 1 heterocycles. The van der Waals surface area contributed by atoms with Crippen molar-refractivity contribution in [1.82, 2.24) is 0 Å². The van der Waals surface area contributed by atoms with Gasteiger partial charge in [-0.25, -0.2) is 4.79 Å². The predicted octanol–water partition coefficient (Wildman–Crippen LogP) is 0.766. The highest BCUT2D eigenvalue weighted by Crippen LogP contribution is 2.28. The number of aliphatic carboxylic acids is 1. The van der Waals surface area contributed by atoms with Crippen LogP contribution in [0.25, 0.3) is 0 Å². The third-order valence-electron chi connectivity index (χ3n) is 3.28. The number of hydrogen-bond acceptors (Lipinski definition) is 3. The molecule has 5 nitrogen and oxygen atoms in total. The van der Waals surface area contributed by atoms with Gasteiger partial charge in [0.15, 0.2) is 0 Å². The maximum Gasteiger partial charge on any atom is 0.326 e. The number of rotatable bonds is 2. The molecule has 0 aromatic heterocycles. The molecule has 0 fully saturated rings.